The van der Waals surface area contributed by atoms with E-state index >= 15 is 0 Å². The highest BCUT2D eigenvalue weighted by atomic mass is 35.5. The molecule has 0 heterocycles. The van der Waals surface area contributed by atoms with Gasteiger partial charge in [0.25, 0.3) is 0 Å². The van der Waals surface area contributed by atoms with Crippen molar-refractivity contribution < 1.29 is 4.79 Å². The van der Waals surface area contributed by atoms with Crippen molar-refractivity contribution in [2.24, 2.45) is 0 Å². The van der Waals surface area contributed by atoms with Crippen LogP contribution in [0.4, 0.5) is 0 Å². The average Bonchev–Trinajstić information content (AvgIpc) is 1.86. The number of hydrogen-bond donors (Lipinski definition) is 0. The van der Waals surface area contributed by atoms with Crippen LogP contribution in [0.25, 0.3) is 0 Å². The summed E-state index contributed by atoms with van der Waals surface area (Å²) in [5.74, 6) is 0.488. The lowest BCUT2D eigenvalue weighted by Crippen LogP contribution is -2.34. The van der Waals surface area contributed by atoms with E-state index in [0.29, 0.717) is 19.0 Å². The topological polar surface area (TPSA) is 20.3 Å². The molecule has 66 valence electrons. The van der Waals surface area contributed by atoms with Crippen LogP contribution >= 0.6 is 23.2 Å². The van der Waals surface area contributed by atoms with E-state index in [0.717, 1.165) is 0 Å². The minimum atomic E-state index is -0.0119. The maximum absolute atomic E-state index is 10.9. The molecule has 0 bridgehead atoms. The van der Waals surface area contributed by atoms with Crippen LogP contribution in [0.2, 0.25) is 0 Å². The fourth-order valence-corrected chi connectivity index (χ4v) is 1.15. The maximum Gasteiger partial charge on any atom is 0.219 e. The molecule has 0 aliphatic carbocycles. The minimum Gasteiger partial charge on any atom is -0.340 e. The first kappa shape index (κ1) is 11.1. The van der Waals surface area contributed by atoms with Crippen LogP contribution in [-0.2, 0) is 4.79 Å². The van der Waals surface area contributed by atoms with Gasteiger partial charge in [-0.1, -0.05) is 0 Å². The van der Waals surface area contributed by atoms with Crippen molar-refractivity contribution >= 4 is 29.1 Å². The van der Waals surface area contributed by atoms with Crippen molar-refractivity contribution in [2.45, 2.75) is 19.2 Å². The third-order valence-electron chi connectivity index (χ3n) is 1.27. The first-order chi connectivity index (χ1) is 5.07. The zero-order chi connectivity index (χ0) is 8.85. The summed E-state index contributed by atoms with van der Waals surface area (Å²) in [5, 5.41) is -0.0119. The van der Waals surface area contributed by atoms with Gasteiger partial charge in [-0.2, -0.15) is 0 Å². The summed E-state index contributed by atoms with van der Waals surface area (Å²) in [6.07, 6.45) is 0. The molecule has 0 rings (SSSR count). The van der Waals surface area contributed by atoms with Crippen molar-refractivity contribution in [3.8, 4) is 0 Å². The standard InChI is InChI=1S/C7H13Cl2NO/c1-6(9)5-10(4-3-8)7(2)11/h6H,3-5H2,1-2H3. The van der Waals surface area contributed by atoms with Gasteiger partial charge in [-0.05, 0) is 6.92 Å². The van der Waals surface area contributed by atoms with Crippen molar-refractivity contribution in [1.29, 1.82) is 0 Å². The second-order valence-corrected chi connectivity index (χ2v) is 3.56. The van der Waals surface area contributed by atoms with Crippen molar-refractivity contribution in [3.05, 3.63) is 0 Å². The molecule has 1 amide bonds. The molecule has 0 aromatic carbocycles. The van der Waals surface area contributed by atoms with Gasteiger partial charge < -0.3 is 4.90 Å². The zero-order valence-electron chi connectivity index (χ0n) is 6.81. The Morgan fingerprint density at radius 3 is 2.45 bits per heavy atom. The predicted octanol–water partition coefficient (Wildman–Crippen LogP) is 1.70. The van der Waals surface area contributed by atoms with Crippen LogP contribution < -0.4 is 0 Å². The third kappa shape index (κ3) is 5.33. The molecule has 2 nitrogen and oxygen atoms in total. The number of hydrogen-bond acceptors (Lipinski definition) is 1. The van der Waals surface area contributed by atoms with E-state index in [1.54, 1.807) is 4.90 Å². The van der Waals surface area contributed by atoms with Crippen LogP contribution in [0, 0.1) is 0 Å². The molecule has 0 aliphatic rings. The summed E-state index contributed by atoms with van der Waals surface area (Å²) in [5.41, 5.74) is 0. The van der Waals surface area contributed by atoms with Gasteiger partial charge >= 0.3 is 0 Å². The number of rotatable bonds is 4. The Balaban J connectivity index is 3.79. The molecule has 0 aromatic heterocycles. The number of amides is 1. The lowest BCUT2D eigenvalue weighted by atomic mass is 10.4. The lowest BCUT2D eigenvalue weighted by Gasteiger charge is -2.20. The van der Waals surface area contributed by atoms with Gasteiger partial charge in [0, 0.05) is 31.3 Å². The van der Waals surface area contributed by atoms with E-state index in [9.17, 15) is 4.79 Å². The molecule has 0 N–H and O–H groups in total. The fourth-order valence-electron chi connectivity index (χ4n) is 0.783. The van der Waals surface area contributed by atoms with Gasteiger partial charge in [0.15, 0.2) is 0 Å². The van der Waals surface area contributed by atoms with Gasteiger partial charge in [-0.25, -0.2) is 0 Å². The van der Waals surface area contributed by atoms with Gasteiger partial charge in [-0.3, -0.25) is 4.79 Å². The number of carbonyl (C=O) groups excluding carboxylic acids is 1. The molecule has 0 saturated carbocycles. The van der Waals surface area contributed by atoms with Gasteiger partial charge in [0.2, 0.25) is 5.91 Å². The highest BCUT2D eigenvalue weighted by Crippen LogP contribution is 1.99. The summed E-state index contributed by atoms with van der Waals surface area (Å²) in [4.78, 5) is 12.5. The molecule has 4 heteroatoms. The van der Waals surface area contributed by atoms with Gasteiger partial charge in [0.1, 0.15) is 0 Å². The molecule has 1 unspecified atom stereocenters. The number of carbonyl (C=O) groups is 1. The summed E-state index contributed by atoms with van der Waals surface area (Å²) in [6.45, 7) is 4.52. The first-order valence-electron chi connectivity index (χ1n) is 3.53. The molecule has 0 aliphatic heterocycles. The fraction of sp³-hybridized carbons (Fsp3) is 0.857. The van der Waals surface area contributed by atoms with E-state index in [1.807, 2.05) is 6.92 Å². The van der Waals surface area contributed by atoms with Crippen LogP contribution in [0.15, 0.2) is 0 Å². The molecule has 0 fully saturated rings. The number of nitrogens with zero attached hydrogens (tertiary/aromatic N) is 1. The Hall–Kier alpha value is 0.0500. The second-order valence-electron chi connectivity index (χ2n) is 2.43. The summed E-state index contributed by atoms with van der Waals surface area (Å²) >= 11 is 11.2. The quantitative estimate of drug-likeness (QED) is 0.629. The zero-order valence-corrected chi connectivity index (χ0v) is 8.32. The summed E-state index contributed by atoms with van der Waals surface area (Å²) in [7, 11) is 0. The van der Waals surface area contributed by atoms with E-state index < -0.39 is 0 Å². The Morgan fingerprint density at radius 2 is 2.18 bits per heavy atom. The summed E-state index contributed by atoms with van der Waals surface area (Å²) in [6, 6.07) is 0. The predicted molar refractivity (Wildman–Crippen MR) is 48.3 cm³/mol. The van der Waals surface area contributed by atoms with E-state index in [1.165, 1.54) is 6.92 Å². The van der Waals surface area contributed by atoms with E-state index in [4.69, 9.17) is 23.2 Å². The first-order valence-corrected chi connectivity index (χ1v) is 4.50. The van der Waals surface area contributed by atoms with Crippen LogP contribution in [-0.4, -0.2) is 35.2 Å². The molecular formula is C7H13Cl2NO. The largest absolute Gasteiger partial charge is 0.340 e. The molecule has 11 heavy (non-hydrogen) atoms. The monoisotopic (exact) mass is 197 g/mol. The second kappa shape index (κ2) is 5.67. The molecule has 0 aromatic rings. The smallest absolute Gasteiger partial charge is 0.219 e. The Bertz CT molecular complexity index is 128. The molecule has 0 spiro atoms. The molecule has 0 radical (unpaired) electrons. The molecule has 1 atom stereocenters. The van der Waals surface area contributed by atoms with Crippen molar-refractivity contribution in [3.63, 3.8) is 0 Å². The Kier molecular flexibility index (Phi) is 5.69. The van der Waals surface area contributed by atoms with E-state index in [-0.39, 0.29) is 11.3 Å². The van der Waals surface area contributed by atoms with Crippen molar-refractivity contribution in [2.75, 3.05) is 19.0 Å². The van der Waals surface area contributed by atoms with Crippen LogP contribution in [0.3, 0.4) is 0 Å². The normalized spacial score (nSPS) is 12.7. The van der Waals surface area contributed by atoms with Crippen LogP contribution in [0.1, 0.15) is 13.8 Å². The highest BCUT2D eigenvalue weighted by Gasteiger charge is 2.09. The van der Waals surface area contributed by atoms with Gasteiger partial charge in [-0.15, -0.1) is 23.2 Å². The third-order valence-corrected chi connectivity index (χ3v) is 1.58. The average molecular weight is 198 g/mol. The summed E-state index contributed by atoms with van der Waals surface area (Å²) < 4.78 is 0. The lowest BCUT2D eigenvalue weighted by molar-refractivity contribution is -0.128. The maximum atomic E-state index is 10.9. The molecule has 0 saturated heterocycles. The van der Waals surface area contributed by atoms with Gasteiger partial charge in [0.05, 0.1) is 0 Å². The Labute approximate surface area is 77.5 Å². The number of halogens is 2. The highest BCUT2D eigenvalue weighted by molar-refractivity contribution is 6.20. The Morgan fingerprint density at radius 1 is 1.64 bits per heavy atom. The number of alkyl halides is 2. The van der Waals surface area contributed by atoms with Crippen molar-refractivity contribution in [1.82, 2.24) is 4.90 Å². The minimum absolute atomic E-state index is 0.0119. The van der Waals surface area contributed by atoms with Crippen LogP contribution in [0.5, 0.6) is 0 Å². The molecular weight excluding hydrogens is 185 g/mol. The van der Waals surface area contributed by atoms with E-state index in [2.05, 4.69) is 0 Å². The SMILES string of the molecule is CC(=O)N(CCCl)CC(C)Cl.